The van der Waals surface area contributed by atoms with E-state index in [1.807, 2.05) is 37.1 Å². The first-order chi connectivity index (χ1) is 12.5. The van der Waals surface area contributed by atoms with Gasteiger partial charge in [0.2, 0.25) is 0 Å². The van der Waals surface area contributed by atoms with Crippen LogP contribution in [0.15, 0.2) is 47.5 Å². The van der Waals surface area contributed by atoms with E-state index in [4.69, 9.17) is 4.74 Å². The highest BCUT2D eigenvalue weighted by molar-refractivity contribution is 14.0. The molecule has 0 saturated carbocycles. The van der Waals surface area contributed by atoms with Crippen LogP contribution in [-0.2, 0) is 13.0 Å². The molecular formula is C20H27FIN3O2. The topological polar surface area (TPSA) is 57.1 Å². The molecule has 0 fully saturated rings. The summed E-state index contributed by atoms with van der Waals surface area (Å²) in [6.45, 7) is 3.81. The molecule has 0 aromatic heterocycles. The minimum Gasteiger partial charge on any atom is -0.508 e. The van der Waals surface area contributed by atoms with Crippen molar-refractivity contribution in [2.45, 2.75) is 19.9 Å². The van der Waals surface area contributed by atoms with Crippen LogP contribution in [0.4, 0.5) is 4.39 Å². The number of rotatable bonds is 7. The first-order valence-corrected chi connectivity index (χ1v) is 8.63. The summed E-state index contributed by atoms with van der Waals surface area (Å²) in [5.41, 5.74) is 1.70. The number of phenols is 1. The summed E-state index contributed by atoms with van der Waals surface area (Å²) in [6.07, 6.45) is 0.610. The van der Waals surface area contributed by atoms with Gasteiger partial charge in [-0.3, -0.25) is 4.99 Å². The maximum absolute atomic E-state index is 13.4. The molecule has 0 spiro atoms. The molecule has 7 heteroatoms. The van der Waals surface area contributed by atoms with E-state index in [1.165, 1.54) is 12.1 Å². The average molecular weight is 487 g/mol. The van der Waals surface area contributed by atoms with Crippen molar-refractivity contribution in [3.63, 3.8) is 0 Å². The van der Waals surface area contributed by atoms with Gasteiger partial charge in [-0.15, -0.1) is 24.0 Å². The van der Waals surface area contributed by atoms with Gasteiger partial charge >= 0.3 is 0 Å². The van der Waals surface area contributed by atoms with Crippen LogP contribution in [0.3, 0.4) is 0 Å². The molecule has 0 heterocycles. The molecule has 0 bridgehead atoms. The monoisotopic (exact) mass is 487 g/mol. The number of nitrogens with zero attached hydrogens (tertiary/aromatic N) is 2. The molecule has 0 radical (unpaired) electrons. The maximum Gasteiger partial charge on any atom is 0.193 e. The Labute approximate surface area is 177 Å². The zero-order chi connectivity index (χ0) is 18.9. The Bertz CT molecular complexity index is 756. The van der Waals surface area contributed by atoms with Crippen LogP contribution in [0.25, 0.3) is 0 Å². The predicted molar refractivity (Wildman–Crippen MR) is 118 cm³/mol. The lowest BCUT2D eigenvalue weighted by Crippen LogP contribution is -2.38. The Kier molecular flexibility index (Phi) is 9.92. The van der Waals surface area contributed by atoms with Gasteiger partial charge in [-0.2, -0.15) is 0 Å². The standard InChI is InChI=1S/C20H26FN3O2.HI/c1-4-22-20(24(2)14-15-6-5-7-17(21)12-15)23-11-10-16-8-9-18(26-3)13-19(16)25;/h5-9,12-13,25H,4,10-11,14H2,1-3H3,(H,22,23);1H. The average Bonchev–Trinajstić information content (AvgIpc) is 2.62. The second-order valence-corrected chi connectivity index (χ2v) is 5.97. The summed E-state index contributed by atoms with van der Waals surface area (Å²) in [4.78, 5) is 6.56. The Morgan fingerprint density at radius 1 is 1.26 bits per heavy atom. The number of guanidine groups is 1. The van der Waals surface area contributed by atoms with E-state index in [2.05, 4.69) is 10.3 Å². The van der Waals surface area contributed by atoms with E-state index in [1.54, 1.807) is 19.2 Å². The van der Waals surface area contributed by atoms with Crippen molar-refractivity contribution in [1.82, 2.24) is 10.2 Å². The SMILES string of the molecule is CCNC(=NCCc1ccc(OC)cc1O)N(C)Cc1cccc(F)c1.I. The van der Waals surface area contributed by atoms with Crippen molar-refractivity contribution in [2.75, 3.05) is 27.2 Å². The number of phenolic OH excluding ortho intramolecular Hbond substituents is 1. The predicted octanol–water partition coefficient (Wildman–Crippen LogP) is 3.80. The van der Waals surface area contributed by atoms with Gasteiger partial charge in [0.1, 0.15) is 17.3 Å². The van der Waals surface area contributed by atoms with Crippen LogP contribution in [0.1, 0.15) is 18.1 Å². The van der Waals surface area contributed by atoms with Crippen LogP contribution in [0, 0.1) is 5.82 Å². The lowest BCUT2D eigenvalue weighted by atomic mass is 10.1. The quantitative estimate of drug-likeness (QED) is 0.355. The van der Waals surface area contributed by atoms with Crippen molar-refractivity contribution in [2.24, 2.45) is 4.99 Å². The van der Waals surface area contributed by atoms with Crippen molar-refractivity contribution in [3.05, 3.63) is 59.4 Å². The van der Waals surface area contributed by atoms with E-state index in [0.717, 1.165) is 23.6 Å². The Hall–Kier alpha value is -2.03. The van der Waals surface area contributed by atoms with Gasteiger partial charge < -0.3 is 20.1 Å². The van der Waals surface area contributed by atoms with Gasteiger partial charge in [0.05, 0.1) is 7.11 Å². The number of hydrogen-bond acceptors (Lipinski definition) is 3. The van der Waals surface area contributed by atoms with E-state index in [-0.39, 0.29) is 35.5 Å². The second-order valence-electron chi connectivity index (χ2n) is 5.97. The molecule has 5 nitrogen and oxygen atoms in total. The smallest absolute Gasteiger partial charge is 0.193 e. The normalized spacial score (nSPS) is 10.9. The molecule has 0 amide bonds. The molecule has 0 saturated heterocycles. The van der Waals surface area contributed by atoms with Crippen molar-refractivity contribution < 1.29 is 14.2 Å². The molecule has 27 heavy (non-hydrogen) atoms. The molecular weight excluding hydrogens is 460 g/mol. The van der Waals surface area contributed by atoms with Crippen LogP contribution < -0.4 is 10.1 Å². The van der Waals surface area contributed by atoms with Crippen molar-refractivity contribution in [3.8, 4) is 11.5 Å². The fourth-order valence-corrected chi connectivity index (χ4v) is 2.62. The molecule has 2 rings (SSSR count). The lowest BCUT2D eigenvalue weighted by molar-refractivity contribution is 0.406. The van der Waals surface area contributed by atoms with E-state index >= 15 is 0 Å². The third-order valence-corrected chi connectivity index (χ3v) is 3.94. The van der Waals surface area contributed by atoms with Gasteiger partial charge in [-0.25, -0.2) is 4.39 Å². The van der Waals surface area contributed by atoms with Crippen molar-refractivity contribution in [1.29, 1.82) is 0 Å². The number of aromatic hydroxyl groups is 1. The lowest BCUT2D eigenvalue weighted by Gasteiger charge is -2.22. The highest BCUT2D eigenvalue weighted by atomic mass is 127. The first kappa shape index (κ1) is 23.0. The molecule has 0 aliphatic heterocycles. The Morgan fingerprint density at radius 2 is 2.04 bits per heavy atom. The van der Waals surface area contributed by atoms with Crippen LogP contribution in [0.5, 0.6) is 11.5 Å². The van der Waals surface area contributed by atoms with E-state index in [0.29, 0.717) is 25.3 Å². The third-order valence-electron chi connectivity index (χ3n) is 3.94. The molecule has 2 aromatic rings. The minimum atomic E-state index is -0.243. The number of aliphatic imine (C=N–C) groups is 1. The van der Waals surface area contributed by atoms with Crippen LogP contribution in [0.2, 0.25) is 0 Å². The van der Waals surface area contributed by atoms with Gasteiger partial charge in [0.25, 0.3) is 0 Å². The van der Waals surface area contributed by atoms with Gasteiger partial charge in [-0.05, 0) is 42.7 Å². The molecule has 0 aliphatic rings. The number of nitrogens with one attached hydrogen (secondary N) is 1. The largest absolute Gasteiger partial charge is 0.508 e. The highest BCUT2D eigenvalue weighted by Gasteiger charge is 2.08. The Balaban J connectivity index is 0.00000364. The highest BCUT2D eigenvalue weighted by Crippen LogP contribution is 2.23. The van der Waals surface area contributed by atoms with E-state index < -0.39 is 0 Å². The van der Waals surface area contributed by atoms with Gasteiger partial charge in [-0.1, -0.05) is 18.2 Å². The molecule has 0 atom stereocenters. The fourth-order valence-electron chi connectivity index (χ4n) is 2.62. The molecule has 2 N–H and O–H groups in total. The number of benzene rings is 2. The first-order valence-electron chi connectivity index (χ1n) is 8.63. The second kappa shape index (κ2) is 11.6. The molecule has 0 unspecified atom stereocenters. The summed E-state index contributed by atoms with van der Waals surface area (Å²) < 4.78 is 18.4. The van der Waals surface area contributed by atoms with Gasteiger partial charge in [0.15, 0.2) is 5.96 Å². The van der Waals surface area contributed by atoms with Crippen LogP contribution in [-0.4, -0.2) is 43.2 Å². The number of ether oxygens (including phenoxy) is 1. The Morgan fingerprint density at radius 3 is 2.67 bits per heavy atom. The zero-order valence-electron chi connectivity index (χ0n) is 15.9. The molecule has 0 aliphatic carbocycles. The van der Waals surface area contributed by atoms with Gasteiger partial charge in [0, 0.05) is 32.7 Å². The number of methoxy groups -OCH3 is 1. The number of halogens is 2. The summed E-state index contributed by atoms with van der Waals surface area (Å²) in [5, 5.41) is 13.3. The van der Waals surface area contributed by atoms with Crippen LogP contribution >= 0.6 is 24.0 Å². The number of hydrogen-bond donors (Lipinski definition) is 2. The summed E-state index contributed by atoms with van der Waals surface area (Å²) >= 11 is 0. The van der Waals surface area contributed by atoms with E-state index in [9.17, 15) is 9.50 Å². The summed E-state index contributed by atoms with van der Waals surface area (Å²) in [6, 6.07) is 11.8. The summed E-state index contributed by atoms with van der Waals surface area (Å²) in [5.74, 6) is 1.33. The minimum absolute atomic E-state index is 0. The van der Waals surface area contributed by atoms with Crippen molar-refractivity contribution >= 4 is 29.9 Å². The zero-order valence-corrected chi connectivity index (χ0v) is 18.2. The summed E-state index contributed by atoms with van der Waals surface area (Å²) in [7, 11) is 3.48. The maximum atomic E-state index is 13.4. The fraction of sp³-hybridized carbons (Fsp3) is 0.350. The third kappa shape index (κ3) is 7.24. The molecule has 2 aromatic carbocycles. The molecule has 148 valence electrons.